The number of hydrogen-bond acceptors (Lipinski definition) is 3. The summed E-state index contributed by atoms with van der Waals surface area (Å²) in [5, 5.41) is 3.35. The number of piperidine rings is 1. The van der Waals surface area contributed by atoms with Gasteiger partial charge < -0.3 is 5.32 Å². The quantitative estimate of drug-likeness (QED) is 0.924. The molecule has 5 heteroatoms. The van der Waals surface area contributed by atoms with E-state index in [1.807, 2.05) is 24.0 Å². The van der Waals surface area contributed by atoms with Crippen LogP contribution in [0.15, 0.2) is 24.3 Å². The first-order chi connectivity index (χ1) is 9.08. The molecule has 1 fully saturated rings. The van der Waals surface area contributed by atoms with Crippen LogP contribution in [0.4, 0.5) is 5.69 Å². The van der Waals surface area contributed by atoms with E-state index in [1.165, 1.54) is 0 Å². The van der Waals surface area contributed by atoms with Gasteiger partial charge in [-0.25, -0.2) is 0 Å². The minimum absolute atomic E-state index is 0.0950. The Morgan fingerprint density at radius 3 is 2.58 bits per heavy atom. The molecule has 0 radical (unpaired) electrons. The molecule has 0 spiro atoms. The van der Waals surface area contributed by atoms with Crippen molar-refractivity contribution < 1.29 is 9.59 Å². The van der Waals surface area contributed by atoms with E-state index in [0.29, 0.717) is 36.6 Å². The molecule has 1 atom stereocenters. The SMILES string of the molecule is CC(C(=O)Nc1ccccc1Cl)N1CCC(=O)CC1. The summed E-state index contributed by atoms with van der Waals surface area (Å²) in [4.78, 5) is 25.4. The molecule has 1 heterocycles. The van der Waals surface area contributed by atoms with Crippen molar-refractivity contribution >= 4 is 29.0 Å². The molecule has 0 aliphatic carbocycles. The molecule has 0 bridgehead atoms. The fourth-order valence-corrected chi connectivity index (χ4v) is 2.31. The van der Waals surface area contributed by atoms with E-state index in [9.17, 15) is 9.59 Å². The van der Waals surface area contributed by atoms with Crippen molar-refractivity contribution in [1.29, 1.82) is 0 Å². The molecule has 2 rings (SSSR count). The van der Waals surface area contributed by atoms with E-state index in [0.717, 1.165) is 0 Å². The minimum atomic E-state index is -0.260. The van der Waals surface area contributed by atoms with Crippen molar-refractivity contribution in [3.8, 4) is 0 Å². The number of benzene rings is 1. The zero-order valence-corrected chi connectivity index (χ0v) is 11.6. The van der Waals surface area contributed by atoms with Crippen LogP contribution >= 0.6 is 11.6 Å². The molecule has 0 aromatic heterocycles. The Labute approximate surface area is 117 Å². The van der Waals surface area contributed by atoms with Crippen LogP contribution in [0.1, 0.15) is 19.8 Å². The normalized spacial score (nSPS) is 18.1. The third-order valence-electron chi connectivity index (χ3n) is 3.41. The second kappa shape index (κ2) is 6.17. The molecule has 1 aliphatic heterocycles. The fourth-order valence-electron chi connectivity index (χ4n) is 2.13. The smallest absolute Gasteiger partial charge is 0.241 e. The summed E-state index contributed by atoms with van der Waals surface area (Å²) < 4.78 is 0. The van der Waals surface area contributed by atoms with Crippen LogP contribution in [0.3, 0.4) is 0 Å². The average molecular weight is 281 g/mol. The van der Waals surface area contributed by atoms with Crippen LogP contribution in [0, 0.1) is 0 Å². The maximum atomic E-state index is 12.1. The molecule has 0 saturated carbocycles. The van der Waals surface area contributed by atoms with Crippen LogP contribution in [0.2, 0.25) is 5.02 Å². The Morgan fingerprint density at radius 2 is 1.95 bits per heavy atom. The van der Waals surface area contributed by atoms with Crippen molar-refractivity contribution in [2.75, 3.05) is 18.4 Å². The number of halogens is 1. The predicted molar refractivity (Wildman–Crippen MR) is 75.4 cm³/mol. The highest BCUT2D eigenvalue weighted by atomic mass is 35.5. The number of nitrogens with one attached hydrogen (secondary N) is 1. The third kappa shape index (κ3) is 3.55. The summed E-state index contributed by atoms with van der Waals surface area (Å²) in [5.74, 6) is 0.178. The number of nitrogens with zero attached hydrogens (tertiary/aromatic N) is 1. The summed E-state index contributed by atoms with van der Waals surface area (Å²) in [5.41, 5.74) is 0.620. The van der Waals surface area contributed by atoms with Gasteiger partial charge in [0, 0.05) is 25.9 Å². The van der Waals surface area contributed by atoms with E-state index in [4.69, 9.17) is 11.6 Å². The van der Waals surface area contributed by atoms with Crippen molar-refractivity contribution in [3.05, 3.63) is 29.3 Å². The number of Topliss-reactive ketones (excluding diaryl/α,β-unsaturated/α-hetero) is 1. The topological polar surface area (TPSA) is 49.4 Å². The highest BCUT2D eigenvalue weighted by Gasteiger charge is 2.25. The summed E-state index contributed by atoms with van der Waals surface area (Å²) >= 11 is 6.00. The van der Waals surface area contributed by atoms with Crippen LogP contribution in [-0.2, 0) is 9.59 Å². The van der Waals surface area contributed by atoms with Crippen molar-refractivity contribution in [2.45, 2.75) is 25.8 Å². The van der Waals surface area contributed by atoms with Gasteiger partial charge >= 0.3 is 0 Å². The summed E-state index contributed by atoms with van der Waals surface area (Å²) in [6.45, 7) is 3.15. The van der Waals surface area contributed by atoms with Crippen LogP contribution in [0.25, 0.3) is 0 Å². The Balaban J connectivity index is 1.96. The van der Waals surface area contributed by atoms with Crippen molar-refractivity contribution in [2.24, 2.45) is 0 Å². The maximum absolute atomic E-state index is 12.1. The van der Waals surface area contributed by atoms with Crippen LogP contribution < -0.4 is 5.32 Å². The van der Waals surface area contributed by atoms with Crippen molar-refractivity contribution in [3.63, 3.8) is 0 Å². The number of carbonyl (C=O) groups is 2. The monoisotopic (exact) mass is 280 g/mol. The number of hydrogen-bond donors (Lipinski definition) is 1. The highest BCUT2D eigenvalue weighted by molar-refractivity contribution is 6.33. The zero-order valence-electron chi connectivity index (χ0n) is 10.9. The van der Waals surface area contributed by atoms with Gasteiger partial charge in [0.2, 0.25) is 5.91 Å². The first kappa shape index (κ1) is 14.0. The summed E-state index contributed by atoms with van der Waals surface area (Å²) in [6, 6.07) is 6.89. The summed E-state index contributed by atoms with van der Waals surface area (Å²) in [6.07, 6.45) is 1.06. The Hall–Kier alpha value is -1.39. The van der Waals surface area contributed by atoms with Gasteiger partial charge in [-0.3, -0.25) is 14.5 Å². The molecule has 1 saturated heterocycles. The van der Waals surface area contributed by atoms with E-state index < -0.39 is 0 Å². The second-order valence-electron chi connectivity index (χ2n) is 4.72. The van der Waals surface area contributed by atoms with Gasteiger partial charge in [0.05, 0.1) is 16.8 Å². The van der Waals surface area contributed by atoms with E-state index >= 15 is 0 Å². The molecule has 1 unspecified atom stereocenters. The molecule has 4 nitrogen and oxygen atoms in total. The minimum Gasteiger partial charge on any atom is -0.323 e. The van der Waals surface area contributed by atoms with Crippen molar-refractivity contribution in [1.82, 2.24) is 4.90 Å². The highest BCUT2D eigenvalue weighted by Crippen LogP contribution is 2.21. The number of amides is 1. The number of rotatable bonds is 3. The lowest BCUT2D eigenvalue weighted by Gasteiger charge is -2.30. The first-order valence-corrected chi connectivity index (χ1v) is 6.77. The van der Waals surface area contributed by atoms with Gasteiger partial charge in [0.15, 0.2) is 0 Å². The molecular formula is C14H17ClN2O2. The molecule has 1 aliphatic rings. The lowest BCUT2D eigenvalue weighted by atomic mass is 10.1. The molecule has 1 N–H and O–H groups in total. The van der Waals surface area contributed by atoms with E-state index in [2.05, 4.69) is 5.32 Å². The Morgan fingerprint density at radius 1 is 1.32 bits per heavy atom. The van der Waals surface area contributed by atoms with Gasteiger partial charge in [-0.1, -0.05) is 23.7 Å². The van der Waals surface area contributed by atoms with E-state index in [-0.39, 0.29) is 17.7 Å². The van der Waals surface area contributed by atoms with Gasteiger partial charge in [-0.2, -0.15) is 0 Å². The second-order valence-corrected chi connectivity index (χ2v) is 5.13. The van der Waals surface area contributed by atoms with E-state index in [1.54, 1.807) is 12.1 Å². The molecule has 1 aromatic carbocycles. The molecule has 102 valence electrons. The standard InChI is InChI=1S/C14H17ClN2O2/c1-10(17-8-6-11(18)7-9-17)14(19)16-13-5-3-2-4-12(13)15/h2-5,10H,6-9H2,1H3,(H,16,19). The Kier molecular flexibility index (Phi) is 4.56. The van der Waals surface area contributed by atoms with Gasteiger partial charge in [-0.05, 0) is 19.1 Å². The number of likely N-dealkylation sites (tertiary alicyclic amines) is 1. The van der Waals surface area contributed by atoms with Crippen LogP contribution in [-0.4, -0.2) is 35.7 Å². The third-order valence-corrected chi connectivity index (χ3v) is 3.74. The fraction of sp³-hybridized carbons (Fsp3) is 0.429. The predicted octanol–water partition coefficient (Wildman–Crippen LogP) is 2.33. The average Bonchev–Trinajstić information content (AvgIpc) is 2.41. The number of anilines is 1. The van der Waals surface area contributed by atoms with Gasteiger partial charge in [0.1, 0.15) is 5.78 Å². The maximum Gasteiger partial charge on any atom is 0.241 e. The number of carbonyl (C=O) groups excluding carboxylic acids is 2. The lowest BCUT2D eigenvalue weighted by molar-refractivity contribution is -0.126. The van der Waals surface area contributed by atoms with Gasteiger partial charge in [0.25, 0.3) is 0 Å². The largest absolute Gasteiger partial charge is 0.323 e. The molecular weight excluding hydrogens is 264 g/mol. The van der Waals surface area contributed by atoms with Gasteiger partial charge in [-0.15, -0.1) is 0 Å². The first-order valence-electron chi connectivity index (χ1n) is 6.39. The Bertz CT molecular complexity index is 480. The lowest BCUT2D eigenvalue weighted by Crippen LogP contribution is -2.46. The number of ketones is 1. The molecule has 1 aromatic rings. The number of para-hydroxylation sites is 1. The summed E-state index contributed by atoms with van der Waals surface area (Å²) in [7, 11) is 0. The van der Waals surface area contributed by atoms with Crippen LogP contribution in [0.5, 0.6) is 0 Å². The molecule has 19 heavy (non-hydrogen) atoms. The molecule has 1 amide bonds. The zero-order chi connectivity index (χ0) is 13.8.